The van der Waals surface area contributed by atoms with Crippen molar-refractivity contribution in [2.75, 3.05) is 26.7 Å². The summed E-state index contributed by atoms with van der Waals surface area (Å²) in [6, 6.07) is -0.642. The van der Waals surface area contributed by atoms with Gasteiger partial charge >= 0.3 is 6.03 Å². The number of halogens is 2. The molecule has 1 aliphatic carbocycles. The molecule has 1 unspecified atom stereocenters. The van der Waals surface area contributed by atoms with Gasteiger partial charge in [0, 0.05) is 25.0 Å². The summed E-state index contributed by atoms with van der Waals surface area (Å²) < 4.78 is 24.6. The number of hydrogen-bond acceptors (Lipinski definition) is 2. The van der Waals surface area contributed by atoms with Crippen molar-refractivity contribution >= 4 is 6.03 Å². The average Bonchev–Trinajstić information content (AvgIpc) is 3.11. The van der Waals surface area contributed by atoms with Crippen LogP contribution in [-0.4, -0.2) is 50.1 Å². The Morgan fingerprint density at radius 2 is 2.21 bits per heavy atom. The van der Waals surface area contributed by atoms with Crippen molar-refractivity contribution in [3.63, 3.8) is 0 Å². The summed E-state index contributed by atoms with van der Waals surface area (Å²) in [5.41, 5.74) is 0. The molecule has 0 aromatic rings. The highest BCUT2D eigenvalue weighted by Crippen LogP contribution is 2.35. The van der Waals surface area contributed by atoms with E-state index in [4.69, 9.17) is 0 Å². The van der Waals surface area contributed by atoms with Crippen LogP contribution < -0.4 is 10.6 Å². The van der Waals surface area contributed by atoms with Gasteiger partial charge in [-0.3, -0.25) is 0 Å². The molecule has 6 heteroatoms. The third-order valence-electron chi connectivity index (χ3n) is 4.00. The molecule has 3 atom stereocenters. The lowest BCUT2D eigenvalue weighted by Crippen LogP contribution is -2.41. The maximum Gasteiger partial charge on any atom is 0.315 e. The van der Waals surface area contributed by atoms with Gasteiger partial charge in [0.1, 0.15) is 0 Å². The van der Waals surface area contributed by atoms with E-state index in [1.165, 1.54) is 12.8 Å². The number of rotatable bonds is 4. The Kier molecular flexibility index (Phi) is 4.96. The van der Waals surface area contributed by atoms with Crippen LogP contribution in [0.3, 0.4) is 0 Å². The SMILES string of the molecule is CN1CCCCC(CNC(=O)N[C@@H]2C[C@@H]2C(F)F)C1. The number of amides is 2. The van der Waals surface area contributed by atoms with E-state index < -0.39 is 12.3 Å². The van der Waals surface area contributed by atoms with Gasteiger partial charge in [-0.25, -0.2) is 13.6 Å². The lowest BCUT2D eigenvalue weighted by molar-refractivity contribution is 0.119. The number of carbonyl (C=O) groups is 1. The molecule has 0 spiro atoms. The van der Waals surface area contributed by atoms with Crippen LogP contribution in [0.2, 0.25) is 0 Å². The van der Waals surface area contributed by atoms with Crippen molar-refractivity contribution in [3.05, 3.63) is 0 Å². The van der Waals surface area contributed by atoms with Crippen LogP contribution in [0.1, 0.15) is 25.7 Å². The minimum Gasteiger partial charge on any atom is -0.338 e. The minimum absolute atomic E-state index is 0.306. The quantitative estimate of drug-likeness (QED) is 0.820. The third kappa shape index (κ3) is 4.60. The van der Waals surface area contributed by atoms with E-state index in [9.17, 15) is 13.6 Å². The Morgan fingerprint density at radius 3 is 2.89 bits per heavy atom. The molecule has 110 valence electrons. The molecule has 2 rings (SSSR count). The van der Waals surface area contributed by atoms with Crippen LogP contribution in [0, 0.1) is 11.8 Å². The van der Waals surface area contributed by atoms with Crippen molar-refractivity contribution in [2.24, 2.45) is 11.8 Å². The molecule has 2 amide bonds. The fourth-order valence-corrected chi connectivity index (χ4v) is 2.72. The van der Waals surface area contributed by atoms with Gasteiger partial charge in [0.05, 0.1) is 0 Å². The van der Waals surface area contributed by atoms with E-state index in [-0.39, 0.29) is 12.1 Å². The highest BCUT2D eigenvalue weighted by atomic mass is 19.3. The second-order valence-electron chi connectivity index (χ2n) is 5.82. The molecular formula is C13H23F2N3O. The van der Waals surface area contributed by atoms with Crippen molar-refractivity contribution < 1.29 is 13.6 Å². The zero-order chi connectivity index (χ0) is 13.8. The minimum atomic E-state index is -2.32. The second-order valence-corrected chi connectivity index (χ2v) is 5.82. The van der Waals surface area contributed by atoms with Crippen molar-refractivity contribution in [1.29, 1.82) is 0 Å². The van der Waals surface area contributed by atoms with Crippen molar-refractivity contribution in [2.45, 2.75) is 38.2 Å². The highest BCUT2D eigenvalue weighted by molar-refractivity contribution is 5.74. The molecule has 1 aliphatic heterocycles. The molecule has 2 aliphatic rings. The lowest BCUT2D eigenvalue weighted by atomic mass is 10.0. The molecule has 0 aromatic heterocycles. The number of nitrogens with one attached hydrogen (secondary N) is 2. The van der Waals surface area contributed by atoms with E-state index >= 15 is 0 Å². The van der Waals surface area contributed by atoms with E-state index in [2.05, 4.69) is 22.6 Å². The topological polar surface area (TPSA) is 44.4 Å². The van der Waals surface area contributed by atoms with Gasteiger partial charge in [0.15, 0.2) is 0 Å². The fourth-order valence-electron chi connectivity index (χ4n) is 2.72. The largest absolute Gasteiger partial charge is 0.338 e. The third-order valence-corrected chi connectivity index (χ3v) is 4.00. The van der Waals surface area contributed by atoms with Crippen LogP contribution >= 0.6 is 0 Å². The van der Waals surface area contributed by atoms with Gasteiger partial charge in [0.25, 0.3) is 0 Å². The lowest BCUT2D eigenvalue weighted by Gasteiger charge is -2.20. The molecule has 1 saturated heterocycles. The van der Waals surface area contributed by atoms with Crippen molar-refractivity contribution in [1.82, 2.24) is 15.5 Å². The van der Waals surface area contributed by atoms with E-state index in [1.807, 2.05) is 0 Å². The summed E-state index contributed by atoms with van der Waals surface area (Å²) >= 11 is 0. The molecule has 0 radical (unpaired) electrons. The zero-order valence-corrected chi connectivity index (χ0v) is 11.4. The molecule has 2 fully saturated rings. The van der Waals surface area contributed by atoms with Gasteiger partial charge < -0.3 is 15.5 Å². The Hall–Kier alpha value is -0.910. The van der Waals surface area contributed by atoms with Crippen LogP contribution in [0.4, 0.5) is 13.6 Å². The second kappa shape index (κ2) is 6.50. The van der Waals surface area contributed by atoms with Gasteiger partial charge in [-0.05, 0) is 38.8 Å². The zero-order valence-electron chi connectivity index (χ0n) is 11.4. The molecule has 1 heterocycles. The molecule has 1 saturated carbocycles. The Bertz CT molecular complexity index is 314. The number of hydrogen-bond donors (Lipinski definition) is 2. The number of alkyl halides is 2. The number of nitrogens with zero attached hydrogens (tertiary/aromatic N) is 1. The van der Waals surface area contributed by atoms with Crippen LogP contribution in [0.5, 0.6) is 0 Å². The first kappa shape index (κ1) is 14.5. The van der Waals surface area contributed by atoms with Gasteiger partial charge in [-0.15, -0.1) is 0 Å². The first-order valence-corrected chi connectivity index (χ1v) is 7.07. The molecule has 0 bridgehead atoms. The fraction of sp³-hybridized carbons (Fsp3) is 0.923. The van der Waals surface area contributed by atoms with Crippen LogP contribution in [-0.2, 0) is 0 Å². The smallest absolute Gasteiger partial charge is 0.315 e. The Balaban J connectivity index is 1.63. The molecular weight excluding hydrogens is 252 g/mol. The van der Waals surface area contributed by atoms with E-state index in [0.29, 0.717) is 18.9 Å². The van der Waals surface area contributed by atoms with Crippen LogP contribution in [0.15, 0.2) is 0 Å². The predicted molar refractivity (Wildman–Crippen MR) is 69.3 cm³/mol. The number of likely N-dealkylation sites (tertiary alicyclic amines) is 1. The number of carbonyl (C=O) groups excluding carboxylic acids is 1. The first-order chi connectivity index (χ1) is 9.06. The Labute approximate surface area is 112 Å². The summed E-state index contributed by atoms with van der Waals surface area (Å²) in [6.07, 6.45) is 1.59. The standard InChI is InChI=1S/C13H23F2N3O/c1-18-5-3-2-4-9(8-18)7-16-13(19)17-11-6-10(11)12(14)15/h9-12H,2-8H2,1H3,(H2,16,17,19)/t9?,10-,11+/m0/s1. The van der Waals surface area contributed by atoms with Crippen LogP contribution in [0.25, 0.3) is 0 Å². The summed E-state index contributed by atoms with van der Waals surface area (Å²) in [7, 11) is 2.09. The normalized spacial score (nSPS) is 31.9. The van der Waals surface area contributed by atoms with Gasteiger partial charge in [-0.1, -0.05) is 6.42 Å². The predicted octanol–water partition coefficient (Wildman–Crippen LogP) is 1.67. The van der Waals surface area contributed by atoms with E-state index in [0.717, 1.165) is 19.5 Å². The Morgan fingerprint density at radius 1 is 1.42 bits per heavy atom. The first-order valence-electron chi connectivity index (χ1n) is 7.07. The molecule has 4 nitrogen and oxygen atoms in total. The monoisotopic (exact) mass is 275 g/mol. The van der Waals surface area contributed by atoms with Crippen molar-refractivity contribution in [3.8, 4) is 0 Å². The molecule has 19 heavy (non-hydrogen) atoms. The maximum atomic E-state index is 12.3. The summed E-state index contributed by atoms with van der Waals surface area (Å²) in [5, 5.41) is 5.42. The van der Waals surface area contributed by atoms with Gasteiger partial charge in [0.2, 0.25) is 6.43 Å². The van der Waals surface area contributed by atoms with E-state index in [1.54, 1.807) is 0 Å². The highest BCUT2D eigenvalue weighted by Gasteiger charge is 2.45. The molecule has 0 aromatic carbocycles. The molecule has 2 N–H and O–H groups in total. The average molecular weight is 275 g/mol. The maximum absolute atomic E-state index is 12.3. The summed E-state index contributed by atoms with van der Waals surface area (Å²) in [6.45, 7) is 2.73. The summed E-state index contributed by atoms with van der Waals surface area (Å²) in [4.78, 5) is 13.9. The number of urea groups is 1. The van der Waals surface area contributed by atoms with Gasteiger partial charge in [-0.2, -0.15) is 0 Å². The summed E-state index contributed by atoms with van der Waals surface area (Å²) in [5.74, 6) is -0.182.